The average Bonchev–Trinajstić information content (AvgIpc) is 2.69. The summed E-state index contributed by atoms with van der Waals surface area (Å²) in [7, 11) is 0. The van der Waals surface area contributed by atoms with Crippen LogP contribution in [0.5, 0.6) is 5.75 Å². The van der Waals surface area contributed by atoms with Crippen molar-refractivity contribution in [1.82, 2.24) is 0 Å². The summed E-state index contributed by atoms with van der Waals surface area (Å²) >= 11 is 0. The largest absolute Gasteiger partial charge is 0.481 e. The van der Waals surface area contributed by atoms with Crippen LogP contribution in [0, 0.1) is 12.7 Å². The average molecular weight is 360 g/mol. The number of hydrogen-bond acceptors (Lipinski definition) is 3. The molecule has 0 aliphatic heterocycles. The Morgan fingerprint density at radius 1 is 0.963 bits per heavy atom. The second-order valence-electron chi connectivity index (χ2n) is 6.37. The maximum atomic E-state index is 13.1. The molecular formula is C23H17FO3. The number of aryl methyl sites for hydroxylation is 1. The third kappa shape index (κ3) is 3.47. The molecular weight excluding hydrogens is 343 g/mol. The fourth-order valence-electron chi connectivity index (χ4n) is 2.94. The van der Waals surface area contributed by atoms with Gasteiger partial charge in [0.05, 0.1) is 5.39 Å². The van der Waals surface area contributed by atoms with E-state index in [4.69, 9.17) is 9.15 Å². The SMILES string of the molecule is Cc1ccc2oc(-c3ccccc3)c(OCc3ccc(F)cc3)c(=O)c2c1. The highest BCUT2D eigenvalue weighted by Gasteiger charge is 2.18. The molecule has 0 unspecified atom stereocenters. The third-order valence-corrected chi connectivity index (χ3v) is 4.34. The number of fused-ring (bicyclic) bond motifs is 1. The summed E-state index contributed by atoms with van der Waals surface area (Å²) in [5.41, 5.74) is 2.77. The molecule has 0 aliphatic rings. The zero-order valence-corrected chi connectivity index (χ0v) is 14.7. The van der Waals surface area contributed by atoms with Crippen LogP contribution >= 0.6 is 0 Å². The molecule has 134 valence electrons. The molecule has 27 heavy (non-hydrogen) atoms. The van der Waals surface area contributed by atoms with Gasteiger partial charge in [0, 0.05) is 5.56 Å². The minimum Gasteiger partial charge on any atom is -0.481 e. The molecule has 0 amide bonds. The molecule has 0 N–H and O–H groups in total. The first-order chi connectivity index (χ1) is 13.1. The molecule has 4 rings (SSSR count). The van der Waals surface area contributed by atoms with Gasteiger partial charge in [0.15, 0.2) is 5.76 Å². The van der Waals surface area contributed by atoms with Crippen molar-refractivity contribution in [3.8, 4) is 17.1 Å². The van der Waals surface area contributed by atoms with Gasteiger partial charge in [-0.05, 0) is 36.8 Å². The molecule has 0 saturated heterocycles. The molecule has 3 nitrogen and oxygen atoms in total. The molecule has 0 fully saturated rings. The summed E-state index contributed by atoms with van der Waals surface area (Å²) in [4.78, 5) is 13.1. The second kappa shape index (κ2) is 7.08. The molecule has 4 aromatic rings. The summed E-state index contributed by atoms with van der Waals surface area (Å²) in [5, 5.41) is 0.476. The van der Waals surface area contributed by atoms with Crippen LogP contribution < -0.4 is 10.2 Å². The van der Waals surface area contributed by atoms with Crippen molar-refractivity contribution in [1.29, 1.82) is 0 Å². The van der Waals surface area contributed by atoms with Crippen molar-refractivity contribution in [2.45, 2.75) is 13.5 Å². The monoisotopic (exact) mass is 360 g/mol. The Morgan fingerprint density at radius 2 is 1.70 bits per heavy atom. The maximum absolute atomic E-state index is 13.1. The highest BCUT2D eigenvalue weighted by molar-refractivity contribution is 5.82. The molecule has 1 heterocycles. The third-order valence-electron chi connectivity index (χ3n) is 4.34. The zero-order valence-electron chi connectivity index (χ0n) is 14.7. The summed E-state index contributed by atoms with van der Waals surface area (Å²) in [6, 6.07) is 20.8. The Morgan fingerprint density at radius 3 is 2.44 bits per heavy atom. The van der Waals surface area contributed by atoms with Crippen LogP contribution in [0.4, 0.5) is 4.39 Å². The summed E-state index contributed by atoms with van der Waals surface area (Å²) in [5.74, 6) is 0.229. The summed E-state index contributed by atoms with van der Waals surface area (Å²) in [6.07, 6.45) is 0. The molecule has 4 heteroatoms. The molecule has 3 aromatic carbocycles. The van der Waals surface area contributed by atoms with Gasteiger partial charge in [-0.2, -0.15) is 0 Å². The lowest BCUT2D eigenvalue weighted by Gasteiger charge is -2.12. The predicted molar refractivity (Wildman–Crippen MR) is 103 cm³/mol. The minimum absolute atomic E-state index is 0.141. The van der Waals surface area contributed by atoms with Crippen molar-refractivity contribution in [2.75, 3.05) is 0 Å². The normalized spacial score (nSPS) is 10.9. The van der Waals surface area contributed by atoms with E-state index in [1.807, 2.05) is 43.3 Å². The van der Waals surface area contributed by atoms with E-state index in [1.165, 1.54) is 12.1 Å². The Hall–Kier alpha value is -3.40. The van der Waals surface area contributed by atoms with Crippen LogP contribution in [-0.4, -0.2) is 0 Å². The first-order valence-corrected chi connectivity index (χ1v) is 8.62. The summed E-state index contributed by atoms with van der Waals surface area (Å²) in [6.45, 7) is 2.06. The number of hydrogen-bond donors (Lipinski definition) is 0. The highest BCUT2D eigenvalue weighted by atomic mass is 19.1. The maximum Gasteiger partial charge on any atom is 0.235 e. The minimum atomic E-state index is -0.315. The van der Waals surface area contributed by atoms with E-state index < -0.39 is 0 Å². The van der Waals surface area contributed by atoms with E-state index in [2.05, 4.69) is 0 Å². The molecule has 0 saturated carbocycles. The van der Waals surface area contributed by atoms with E-state index in [-0.39, 0.29) is 23.6 Å². The standard InChI is InChI=1S/C23H17FO3/c1-15-7-12-20-19(13-15)21(25)23(22(27-20)17-5-3-2-4-6-17)26-14-16-8-10-18(24)11-9-16/h2-13H,14H2,1H3. The first-order valence-electron chi connectivity index (χ1n) is 8.62. The first kappa shape index (κ1) is 17.0. The van der Waals surface area contributed by atoms with Crippen molar-refractivity contribution in [2.24, 2.45) is 0 Å². The Kier molecular flexibility index (Phi) is 4.47. The van der Waals surface area contributed by atoms with Gasteiger partial charge in [-0.3, -0.25) is 4.79 Å². The Balaban J connectivity index is 1.84. The van der Waals surface area contributed by atoms with E-state index >= 15 is 0 Å². The quantitative estimate of drug-likeness (QED) is 0.483. The number of benzene rings is 3. The molecule has 0 aliphatic carbocycles. The fourth-order valence-corrected chi connectivity index (χ4v) is 2.94. The highest BCUT2D eigenvalue weighted by Crippen LogP contribution is 2.31. The Labute approximate surface area is 155 Å². The zero-order chi connectivity index (χ0) is 18.8. The van der Waals surface area contributed by atoms with E-state index in [9.17, 15) is 9.18 Å². The van der Waals surface area contributed by atoms with Crippen LogP contribution in [0.1, 0.15) is 11.1 Å². The molecule has 0 atom stereocenters. The van der Waals surface area contributed by atoms with Gasteiger partial charge in [-0.1, -0.05) is 54.1 Å². The Bertz CT molecular complexity index is 1150. The number of rotatable bonds is 4. The molecule has 0 radical (unpaired) electrons. The van der Waals surface area contributed by atoms with Crippen LogP contribution in [0.25, 0.3) is 22.3 Å². The van der Waals surface area contributed by atoms with Gasteiger partial charge in [0.1, 0.15) is 18.0 Å². The van der Waals surface area contributed by atoms with Crippen molar-refractivity contribution >= 4 is 11.0 Å². The summed E-state index contributed by atoms with van der Waals surface area (Å²) < 4.78 is 25.0. The van der Waals surface area contributed by atoms with Crippen molar-refractivity contribution < 1.29 is 13.5 Å². The van der Waals surface area contributed by atoms with Crippen LogP contribution in [0.2, 0.25) is 0 Å². The van der Waals surface area contributed by atoms with Crippen molar-refractivity contribution in [3.05, 3.63) is 100.0 Å². The predicted octanol–water partition coefficient (Wildman–Crippen LogP) is 5.49. The lowest BCUT2D eigenvalue weighted by atomic mass is 10.1. The smallest absolute Gasteiger partial charge is 0.235 e. The van der Waals surface area contributed by atoms with Crippen LogP contribution in [0.3, 0.4) is 0 Å². The number of ether oxygens (including phenoxy) is 1. The van der Waals surface area contributed by atoms with Gasteiger partial charge < -0.3 is 9.15 Å². The molecule has 0 bridgehead atoms. The van der Waals surface area contributed by atoms with Crippen LogP contribution in [-0.2, 0) is 6.61 Å². The lowest BCUT2D eigenvalue weighted by Crippen LogP contribution is -2.10. The van der Waals surface area contributed by atoms with Gasteiger partial charge in [-0.25, -0.2) is 4.39 Å². The molecule has 0 spiro atoms. The molecule has 1 aromatic heterocycles. The van der Waals surface area contributed by atoms with Gasteiger partial charge in [0.25, 0.3) is 0 Å². The number of halogens is 1. The van der Waals surface area contributed by atoms with Crippen LogP contribution in [0.15, 0.2) is 82.0 Å². The fraction of sp³-hybridized carbons (Fsp3) is 0.0870. The van der Waals surface area contributed by atoms with Gasteiger partial charge >= 0.3 is 0 Å². The van der Waals surface area contributed by atoms with E-state index in [0.717, 1.165) is 16.7 Å². The lowest BCUT2D eigenvalue weighted by molar-refractivity contribution is 0.297. The van der Waals surface area contributed by atoms with Gasteiger partial charge in [-0.15, -0.1) is 0 Å². The van der Waals surface area contributed by atoms with Crippen molar-refractivity contribution in [3.63, 3.8) is 0 Å². The second-order valence-corrected chi connectivity index (χ2v) is 6.37. The van der Waals surface area contributed by atoms with E-state index in [0.29, 0.717) is 16.7 Å². The van der Waals surface area contributed by atoms with Gasteiger partial charge in [0.2, 0.25) is 11.2 Å². The topological polar surface area (TPSA) is 39.4 Å². The van der Waals surface area contributed by atoms with E-state index in [1.54, 1.807) is 24.3 Å².